The number of hydrogen-bond donors (Lipinski definition) is 1. The van der Waals surface area contributed by atoms with Gasteiger partial charge in [-0.25, -0.2) is 9.59 Å². The maximum absolute atomic E-state index is 11.8. The summed E-state index contributed by atoms with van der Waals surface area (Å²) in [6.07, 6.45) is -0.557. The fourth-order valence-corrected chi connectivity index (χ4v) is 1.90. The summed E-state index contributed by atoms with van der Waals surface area (Å²) in [4.78, 5) is 38.4. The average Bonchev–Trinajstić information content (AvgIpc) is 2.50. The molecule has 2 heterocycles. The Morgan fingerprint density at radius 3 is 2.27 bits per heavy atom. The number of urea groups is 2. The highest BCUT2D eigenvalue weighted by molar-refractivity contribution is 6.03. The molecule has 2 aliphatic rings. The van der Waals surface area contributed by atoms with Crippen LogP contribution in [0, 0.1) is 0 Å². The molecule has 2 saturated heterocycles. The highest BCUT2D eigenvalue weighted by Gasteiger charge is 2.51. The van der Waals surface area contributed by atoms with E-state index in [4.69, 9.17) is 0 Å². The molecule has 0 aromatic carbocycles. The van der Waals surface area contributed by atoms with Crippen LogP contribution in [-0.4, -0.2) is 66.0 Å². The molecule has 7 heteroatoms. The highest BCUT2D eigenvalue weighted by Crippen LogP contribution is 2.21. The molecule has 7 nitrogen and oxygen atoms in total. The van der Waals surface area contributed by atoms with Crippen LogP contribution < -0.4 is 5.32 Å². The molecule has 0 spiro atoms. The Hall–Kier alpha value is -1.79. The molecule has 0 aromatic rings. The van der Waals surface area contributed by atoms with Crippen molar-refractivity contribution in [2.24, 2.45) is 0 Å². The minimum absolute atomic E-state index is 0.340. The van der Waals surface area contributed by atoms with Gasteiger partial charge in [-0.15, -0.1) is 0 Å². The van der Waals surface area contributed by atoms with Crippen molar-refractivity contribution < 1.29 is 14.4 Å². The number of fused-ring (bicyclic) bond motifs is 1. The number of likely N-dealkylation sites (N-methyl/N-ethyl adjacent to an activating group) is 3. The van der Waals surface area contributed by atoms with Gasteiger partial charge in [0.05, 0.1) is 0 Å². The van der Waals surface area contributed by atoms with Crippen LogP contribution >= 0.6 is 0 Å². The Kier molecular flexibility index (Phi) is 1.85. The molecule has 1 N–H and O–H groups in total. The first kappa shape index (κ1) is 9.75. The van der Waals surface area contributed by atoms with Gasteiger partial charge in [-0.2, -0.15) is 0 Å². The molecule has 2 atom stereocenters. The molecular weight excluding hydrogens is 200 g/mol. The molecule has 0 aromatic heterocycles. The van der Waals surface area contributed by atoms with Crippen molar-refractivity contribution >= 4 is 18.0 Å². The summed E-state index contributed by atoms with van der Waals surface area (Å²) < 4.78 is 0. The fraction of sp³-hybridized carbons (Fsp3) is 0.625. The van der Waals surface area contributed by atoms with E-state index in [2.05, 4.69) is 5.32 Å². The van der Waals surface area contributed by atoms with Crippen molar-refractivity contribution in [2.45, 2.75) is 12.2 Å². The van der Waals surface area contributed by atoms with E-state index in [-0.39, 0.29) is 11.9 Å². The summed E-state index contributed by atoms with van der Waals surface area (Å²) in [6.45, 7) is 0. The van der Waals surface area contributed by atoms with Crippen molar-refractivity contribution in [3.05, 3.63) is 0 Å². The number of carbonyl (C=O) groups is 3. The maximum Gasteiger partial charge on any atom is 0.327 e. The van der Waals surface area contributed by atoms with E-state index in [9.17, 15) is 14.4 Å². The third kappa shape index (κ3) is 1.09. The van der Waals surface area contributed by atoms with Crippen LogP contribution in [0.3, 0.4) is 0 Å². The molecule has 2 fully saturated rings. The first-order chi connectivity index (χ1) is 6.95. The van der Waals surface area contributed by atoms with E-state index in [0.717, 1.165) is 4.90 Å². The number of amides is 5. The predicted octanol–water partition coefficient (Wildman–Crippen LogP) is -1.14. The Labute approximate surface area is 86.6 Å². The van der Waals surface area contributed by atoms with Crippen LogP contribution in [0.5, 0.6) is 0 Å². The van der Waals surface area contributed by atoms with Crippen molar-refractivity contribution in [3.8, 4) is 0 Å². The third-order valence-electron chi connectivity index (χ3n) is 2.90. The number of nitrogens with one attached hydrogen (secondary N) is 1. The topological polar surface area (TPSA) is 73.0 Å². The van der Waals surface area contributed by atoms with Crippen molar-refractivity contribution in [1.29, 1.82) is 0 Å². The van der Waals surface area contributed by atoms with Crippen LogP contribution in [-0.2, 0) is 4.79 Å². The molecule has 2 aliphatic heterocycles. The molecule has 2 rings (SSSR count). The Morgan fingerprint density at radius 2 is 1.67 bits per heavy atom. The molecule has 82 valence electrons. The summed E-state index contributed by atoms with van der Waals surface area (Å²) in [7, 11) is 4.51. The molecule has 0 aliphatic carbocycles. The van der Waals surface area contributed by atoms with Crippen molar-refractivity contribution in [3.63, 3.8) is 0 Å². The number of imide groups is 1. The Morgan fingerprint density at radius 1 is 1.07 bits per heavy atom. The lowest BCUT2D eigenvalue weighted by Gasteiger charge is -2.38. The molecule has 0 saturated carbocycles. The molecule has 0 bridgehead atoms. The minimum atomic E-state index is -0.620. The summed E-state index contributed by atoms with van der Waals surface area (Å²) in [5.41, 5.74) is 0. The molecule has 15 heavy (non-hydrogen) atoms. The lowest BCUT2D eigenvalue weighted by atomic mass is 10.1. The first-order valence-corrected chi connectivity index (χ1v) is 4.53. The van der Waals surface area contributed by atoms with Gasteiger partial charge in [0, 0.05) is 21.1 Å². The summed E-state index contributed by atoms with van der Waals surface area (Å²) >= 11 is 0. The van der Waals surface area contributed by atoms with E-state index < -0.39 is 18.2 Å². The largest absolute Gasteiger partial charge is 0.327 e. The number of rotatable bonds is 0. The fourth-order valence-electron chi connectivity index (χ4n) is 1.90. The summed E-state index contributed by atoms with van der Waals surface area (Å²) in [5, 5.41) is 2.58. The number of carbonyl (C=O) groups excluding carboxylic acids is 3. The van der Waals surface area contributed by atoms with Gasteiger partial charge in [0.15, 0.2) is 6.04 Å². The Balaban J connectivity index is 2.38. The molecule has 5 amide bonds. The number of nitrogens with zero attached hydrogens (tertiary/aromatic N) is 3. The SMILES string of the molecule is CN1C(=O)[C@@H]2[C@@H](NC(=O)N2C)N(C)C1=O. The van der Waals surface area contributed by atoms with Gasteiger partial charge in [-0.1, -0.05) is 0 Å². The van der Waals surface area contributed by atoms with Crippen molar-refractivity contribution in [2.75, 3.05) is 21.1 Å². The predicted molar refractivity (Wildman–Crippen MR) is 49.8 cm³/mol. The second kappa shape index (κ2) is 2.85. The normalized spacial score (nSPS) is 30.9. The Bertz CT molecular complexity index is 356. The quantitative estimate of drug-likeness (QED) is 0.551. The average molecular weight is 212 g/mol. The highest BCUT2D eigenvalue weighted by atomic mass is 16.2. The molecule has 0 radical (unpaired) electrons. The van der Waals surface area contributed by atoms with Gasteiger partial charge in [0.1, 0.15) is 6.17 Å². The van der Waals surface area contributed by atoms with Crippen LogP contribution in [0.1, 0.15) is 0 Å². The summed E-state index contributed by atoms with van der Waals surface area (Å²) in [5.74, 6) is -0.357. The van der Waals surface area contributed by atoms with Gasteiger partial charge in [0.25, 0.3) is 5.91 Å². The minimum Gasteiger partial charge on any atom is -0.315 e. The van der Waals surface area contributed by atoms with Crippen LogP contribution in [0.25, 0.3) is 0 Å². The van der Waals surface area contributed by atoms with Gasteiger partial charge in [0.2, 0.25) is 0 Å². The van der Waals surface area contributed by atoms with Crippen LogP contribution in [0.2, 0.25) is 0 Å². The summed E-state index contributed by atoms with van der Waals surface area (Å²) in [6, 6.07) is -1.37. The second-order valence-electron chi connectivity index (χ2n) is 3.74. The van der Waals surface area contributed by atoms with E-state index in [0.29, 0.717) is 0 Å². The van der Waals surface area contributed by atoms with Crippen LogP contribution in [0.15, 0.2) is 0 Å². The standard InChI is InChI=1S/C8H12N4O3/c1-10-4-5(9-7(10)14)11(2)8(15)12(3)6(4)13/h4-5H,1-3H3,(H,9,14)/t4-,5-/m0/s1. The van der Waals surface area contributed by atoms with Crippen LogP contribution in [0.4, 0.5) is 9.59 Å². The van der Waals surface area contributed by atoms with Gasteiger partial charge in [-0.05, 0) is 0 Å². The van der Waals surface area contributed by atoms with E-state index in [1.807, 2.05) is 0 Å². The van der Waals surface area contributed by atoms with Gasteiger partial charge >= 0.3 is 12.1 Å². The zero-order valence-electron chi connectivity index (χ0n) is 8.72. The zero-order chi connectivity index (χ0) is 11.3. The molecular formula is C8H12N4O3. The van der Waals surface area contributed by atoms with Gasteiger partial charge in [-0.3, -0.25) is 9.69 Å². The maximum atomic E-state index is 11.8. The second-order valence-corrected chi connectivity index (χ2v) is 3.74. The van der Waals surface area contributed by atoms with E-state index in [1.54, 1.807) is 7.05 Å². The third-order valence-corrected chi connectivity index (χ3v) is 2.90. The zero-order valence-corrected chi connectivity index (χ0v) is 8.72. The molecule has 0 unspecified atom stereocenters. The lowest BCUT2D eigenvalue weighted by molar-refractivity contribution is -0.135. The van der Waals surface area contributed by atoms with Gasteiger partial charge < -0.3 is 15.1 Å². The van der Waals surface area contributed by atoms with Crippen molar-refractivity contribution in [1.82, 2.24) is 20.0 Å². The van der Waals surface area contributed by atoms with E-state index >= 15 is 0 Å². The first-order valence-electron chi connectivity index (χ1n) is 4.53. The smallest absolute Gasteiger partial charge is 0.315 e. The van der Waals surface area contributed by atoms with E-state index in [1.165, 1.54) is 23.9 Å². The number of hydrogen-bond acceptors (Lipinski definition) is 3. The monoisotopic (exact) mass is 212 g/mol. The lowest BCUT2D eigenvalue weighted by Crippen LogP contribution is -2.64.